The van der Waals surface area contributed by atoms with Crippen molar-refractivity contribution in [2.45, 2.75) is 76.7 Å². The Morgan fingerprint density at radius 2 is 1.71 bits per heavy atom. The number of amides is 2. The minimum absolute atomic E-state index is 0.120. The summed E-state index contributed by atoms with van der Waals surface area (Å²) in [6.07, 6.45) is -1.55. The number of rotatable bonds is 7. The summed E-state index contributed by atoms with van der Waals surface area (Å²) in [6, 6.07) is 5.05. The lowest BCUT2D eigenvalue weighted by Crippen LogP contribution is -2.54. The molecule has 0 heterocycles. The van der Waals surface area contributed by atoms with Gasteiger partial charge in [-0.25, -0.2) is 9.59 Å². The highest BCUT2D eigenvalue weighted by Gasteiger charge is 2.42. The van der Waals surface area contributed by atoms with Gasteiger partial charge < -0.3 is 19.7 Å². The second-order valence-corrected chi connectivity index (χ2v) is 9.14. The third-order valence-corrected chi connectivity index (χ3v) is 5.29. The average molecular weight is 488 g/mol. The van der Waals surface area contributed by atoms with E-state index in [9.17, 15) is 27.6 Å². The van der Waals surface area contributed by atoms with Crippen LogP contribution in [0.15, 0.2) is 24.3 Å². The number of carbonyl (C=O) groups excluding carboxylic acids is 3. The fraction of sp³-hybridized carbons (Fsp3) is 0.609. The first kappa shape index (κ1) is 27.3. The van der Waals surface area contributed by atoms with Crippen LogP contribution in [0.3, 0.4) is 0 Å². The zero-order valence-electron chi connectivity index (χ0n) is 19.8. The first-order valence-corrected chi connectivity index (χ1v) is 11.1. The molecule has 34 heavy (non-hydrogen) atoms. The Morgan fingerprint density at radius 3 is 2.26 bits per heavy atom. The first-order chi connectivity index (χ1) is 15.8. The van der Waals surface area contributed by atoms with Gasteiger partial charge in [-0.1, -0.05) is 31.4 Å². The van der Waals surface area contributed by atoms with Gasteiger partial charge >= 0.3 is 24.1 Å². The van der Waals surface area contributed by atoms with Crippen LogP contribution in [-0.2, 0) is 19.1 Å². The van der Waals surface area contributed by atoms with Gasteiger partial charge in [0.1, 0.15) is 11.6 Å². The number of alkyl halides is 3. The highest BCUT2D eigenvalue weighted by Crippen LogP contribution is 2.33. The van der Waals surface area contributed by atoms with Gasteiger partial charge in [-0.3, -0.25) is 10.1 Å². The summed E-state index contributed by atoms with van der Waals surface area (Å²) in [7, 11) is 1.04. The molecule has 1 saturated carbocycles. The first-order valence-electron chi connectivity index (χ1n) is 11.1. The molecule has 1 aromatic carbocycles. The minimum atomic E-state index is -5.15. The van der Waals surface area contributed by atoms with Gasteiger partial charge in [0, 0.05) is 12.6 Å². The zero-order chi connectivity index (χ0) is 25.5. The molecule has 0 aromatic heterocycles. The van der Waals surface area contributed by atoms with Crippen LogP contribution in [0.5, 0.6) is 0 Å². The SMILES string of the molecule is COC(=O)C(CN(c1ccccc1NC(=O)OC(C)(C)C)C1CCCCC1)NC(=O)C(F)(F)F. The van der Waals surface area contributed by atoms with E-state index in [-0.39, 0.29) is 12.6 Å². The van der Waals surface area contributed by atoms with Crippen molar-refractivity contribution < 1.29 is 37.0 Å². The standard InChI is InChI=1S/C23H32F3N3O5/c1-22(2,3)34-21(32)28-16-12-8-9-13-18(16)29(15-10-6-5-7-11-15)14-17(19(30)33-4)27-20(31)23(24,25)26/h8-9,12-13,15,17H,5-7,10-11,14H2,1-4H3,(H,27,31)(H,28,32). The number of hydrogen-bond acceptors (Lipinski definition) is 6. The number of anilines is 2. The van der Waals surface area contributed by atoms with Crippen molar-refractivity contribution in [2.75, 3.05) is 23.9 Å². The summed E-state index contributed by atoms with van der Waals surface area (Å²) in [5.74, 6) is -3.23. The van der Waals surface area contributed by atoms with Crippen molar-refractivity contribution in [3.05, 3.63) is 24.3 Å². The molecule has 1 unspecified atom stereocenters. The molecule has 1 aliphatic carbocycles. The molecule has 1 fully saturated rings. The van der Waals surface area contributed by atoms with E-state index in [0.29, 0.717) is 11.4 Å². The predicted molar refractivity (Wildman–Crippen MR) is 121 cm³/mol. The molecule has 1 aliphatic rings. The lowest BCUT2D eigenvalue weighted by Gasteiger charge is -2.39. The molecule has 190 valence electrons. The lowest BCUT2D eigenvalue weighted by atomic mass is 9.93. The third-order valence-electron chi connectivity index (χ3n) is 5.29. The predicted octanol–water partition coefficient (Wildman–Crippen LogP) is 4.39. The monoisotopic (exact) mass is 487 g/mol. The van der Waals surface area contributed by atoms with Crippen molar-refractivity contribution in [1.29, 1.82) is 0 Å². The Morgan fingerprint density at radius 1 is 1.09 bits per heavy atom. The second kappa shape index (κ2) is 11.4. The average Bonchev–Trinajstić information content (AvgIpc) is 2.75. The van der Waals surface area contributed by atoms with Crippen molar-refractivity contribution in [2.24, 2.45) is 0 Å². The molecule has 0 radical (unpaired) electrons. The van der Waals surface area contributed by atoms with Crippen molar-refractivity contribution in [3.8, 4) is 0 Å². The van der Waals surface area contributed by atoms with Gasteiger partial charge in [0.05, 0.1) is 18.5 Å². The van der Waals surface area contributed by atoms with Gasteiger partial charge in [-0.2, -0.15) is 13.2 Å². The number of halogens is 3. The van der Waals surface area contributed by atoms with Crippen LogP contribution in [0.25, 0.3) is 0 Å². The minimum Gasteiger partial charge on any atom is -0.467 e. The molecule has 1 atom stereocenters. The van der Waals surface area contributed by atoms with E-state index in [0.717, 1.165) is 39.2 Å². The summed E-state index contributed by atoms with van der Waals surface area (Å²) in [4.78, 5) is 38.1. The molecule has 0 bridgehead atoms. The van der Waals surface area contributed by atoms with Gasteiger partial charge in [0.2, 0.25) is 0 Å². The summed E-state index contributed by atoms with van der Waals surface area (Å²) < 4.78 is 48.7. The Bertz CT molecular complexity index is 864. The van der Waals surface area contributed by atoms with Gasteiger partial charge in [0.25, 0.3) is 0 Å². The van der Waals surface area contributed by atoms with E-state index < -0.39 is 35.8 Å². The van der Waals surface area contributed by atoms with Crippen molar-refractivity contribution in [3.63, 3.8) is 0 Å². The Balaban J connectivity index is 2.40. The molecule has 0 saturated heterocycles. The zero-order valence-corrected chi connectivity index (χ0v) is 19.8. The van der Waals surface area contributed by atoms with E-state index in [1.165, 1.54) is 0 Å². The van der Waals surface area contributed by atoms with E-state index in [1.807, 2.05) is 0 Å². The summed E-state index contributed by atoms with van der Waals surface area (Å²) in [6.45, 7) is 4.89. The van der Waals surface area contributed by atoms with Crippen molar-refractivity contribution >= 4 is 29.3 Å². The number of ether oxygens (including phenoxy) is 2. The highest BCUT2D eigenvalue weighted by molar-refractivity contribution is 5.91. The van der Waals surface area contributed by atoms with Crippen LogP contribution >= 0.6 is 0 Å². The topological polar surface area (TPSA) is 97.0 Å². The molecule has 0 spiro atoms. The van der Waals surface area contributed by atoms with E-state index in [1.54, 1.807) is 55.3 Å². The molecule has 1 aromatic rings. The van der Waals surface area contributed by atoms with Crippen LogP contribution in [0.2, 0.25) is 0 Å². The van der Waals surface area contributed by atoms with E-state index in [4.69, 9.17) is 4.74 Å². The number of nitrogens with one attached hydrogen (secondary N) is 2. The maximum absolute atomic E-state index is 12.9. The molecule has 2 amide bonds. The molecule has 0 aliphatic heterocycles. The number of esters is 1. The molecule has 8 nitrogen and oxygen atoms in total. The number of para-hydroxylation sites is 2. The fourth-order valence-corrected chi connectivity index (χ4v) is 3.84. The van der Waals surface area contributed by atoms with E-state index in [2.05, 4.69) is 10.1 Å². The van der Waals surface area contributed by atoms with Gasteiger partial charge in [-0.15, -0.1) is 0 Å². The summed E-state index contributed by atoms with van der Waals surface area (Å²) >= 11 is 0. The normalized spacial score (nSPS) is 15.7. The molecule has 11 heteroatoms. The highest BCUT2D eigenvalue weighted by atomic mass is 19.4. The molecule has 2 rings (SSSR count). The van der Waals surface area contributed by atoms with Crippen LogP contribution in [0.4, 0.5) is 29.3 Å². The second-order valence-electron chi connectivity index (χ2n) is 9.14. The number of carbonyl (C=O) groups is 3. The van der Waals surface area contributed by atoms with Gasteiger partial charge in [0.15, 0.2) is 0 Å². The Hall–Kier alpha value is -2.98. The van der Waals surface area contributed by atoms with Crippen LogP contribution in [-0.4, -0.2) is 55.5 Å². The maximum atomic E-state index is 12.9. The lowest BCUT2D eigenvalue weighted by molar-refractivity contribution is -0.175. The molecule has 2 N–H and O–H groups in total. The van der Waals surface area contributed by atoms with Gasteiger partial charge in [-0.05, 0) is 45.7 Å². The largest absolute Gasteiger partial charge is 0.471 e. The van der Waals surface area contributed by atoms with E-state index >= 15 is 0 Å². The van der Waals surface area contributed by atoms with Crippen molar-refractivity contribution in [1.82, 2.24) is 5.32 Å². The van der Waals surface area contributed by atoms with Crippen LogP contribution < -0.4 is 15.5 Å². The summed E-state index contributed by atoms with van der Waals surface area (Å²) in [5, 5.41) is 4.43. The molecular formula is C23H32F3N3O5. The van der Waals surface area contributed by atoms with Crippen LogP contribution in [0, 0.1) is 0 Å². The number of hydrogen-bond donors (Lipinski definition) is 2. The fourth-order valence-electron chi connectivity index (χ4n) is 3.84. The smallest absolute Gasteiger partial charge is 0.467 e. The Kier molecular flexibility index (Phi) is 9.17. The Labute approximate surface area is 197 Å². The maximum Gasteiger partial charge on any atom is 0.471 e. The number of methoxy groups -OCH3 is 1. The molecular weight excluding hydrogens is 455 g/mol. The quantitative estimate of drug-likeness (QED) is 0.554. The summed E-state index contributed by atoms with van der Waals surface area (Å²) in [5.41, 5.74) is 0.128. The number of nitrogens with zero attached hydrogens (tertiary/aromatic N) is 1. The number of benzene rings is 1. The third kappa shape index (κ3) is 8.11. The van der Waals surface area contributed by atoms with Crippen LogP contribution in [0.1, 0.15) is 52.9 Å².